The molecule has 7 N–H and O–H groups in total. The number of carbonyl (C=O) groups is 4. The molecule has 60 heavy (non-hydrogen) atoms. The molecule has 4 aromatic carbocycles. The largest absolute Gasteiger partial charge is 0.507 e. The highest BCUT2D eigenvalue weighted by atomic mass is 16.5. The monoisotopic (exact) mass is 825 g/mol. The molecule has 0 radical (unpaired) electrons. The summed E-state index contributed by atoms with van der Waals surface area (Å²) in [4.78, 5) is 55.4. The predicted molar refractivity (Wildman–Crippen MR) is 228 cm³/mol. The number of phenolic OH excluding ortho intramolecular Hbond substituents is 1. The molecule has 0 aliphatic heterocycles. The van der Waals surface area contributed by atoms with Crippen LogP contribution in [0.15, 0.2) is 103 Å². The van der Waals surface area contributed by atoms with Gasteiger partial charge in [0.25, 0.3) is 0 Å². The van der Waals surface area contributed by atoms with Gasteiger partial charge in [-0.1, -0.05) is 107 Å². The fraction of sp³-hybridized carbons (Fsp3) is 0.391. The van der Waals surface area contributed by atoms with Crippen molar-refractivity contribution in [1.82, 2.24) is 26.6 Å². The van der Waals surface area contributed by atoms with Crippen LogP contribution in [0.1, 0.15) is 56.9 Å². The average Bonchev–Trinajstić information content (AvgIpc) is 3.23. The lowest BCUT2D eigenvalue weighted by molar-refractivity contribution is -0.134. The van der Waals surface area contributed by atoms with E-state index in [0.29, 0.717) is 17.1 Å². The summed E-state index contributed by atoms with van der Waals surface area (Å²) < 4.78 is 16.0. The maximum atomic E-state index is 14.4. The Morgan fingerprint density at radius 2 is 1.28 bits per heavy atom. The Balaban J connectivity index is 1.62. The molecule has 4 rings (SSSR count). The van der Waals surface area contributed by atoms with Gasteiger partial charge in [0, 0.05) is 24.7 Å². The van der Waals surface area contributed by atoms with Gasteiger partial charge in [-0.15, -0.1) is 0 Å². The zero-order valence-electron chi connectivity index (χ0n) is 35.4. The minimum absolute atomic E-state index is 0.00437. The molecule has 5 atom stereocenters. The molecule has 0 fully saturated rings. The third-order valence-corrected chi connectivity index (χ3v) is 9.92. The number of amides is 4. The maximum Gasteiger partial charge on any atom is 0.408 e. The van der Waals surface area contributed by atoms with Gasteiger partial charge in [0.2, 0.25) is 17.7 Å². The van der Waals surface area contributed by atoms with E-state index in [4.69, 9.17) is 14.2 Å². The summed E-state index contributed by atoms with van der Waals surface area (Å²) in [5.74, 6) is -1.23. The van der Waals surface area contributed by atoms with Crippen LogP contribution in [0.5, 0.6) is 17.2 Å². The Bertz CT molecular complexity index is 2010. The molecule has 0 aromatic heterocycles. The SMILES string of the molecule is COc1cccc(CNC(C(=O)NC(C(=O)NCc2ccc(OC)cc2O)C(C)C)C(O)C(Cc2ccccc2)NC(=O)C(NC(=O)OCc2ccccc2)C(C)(C)C)c1. The van der Waals surface area contributed by atoms with Crippen LogP contribution in [0.2, 0.25) is 0 Å². The standard InChI is InChI=1S/C46H59N5O9/c1-29(2)38(42(54)48-27-33-21-22-35(59-7)25-37(33)52)50-43(55)39(47-26-32-19-14-20-34(23-32)58-6)40(53)36(24-30-15-10-8-11-16-30)49-44(56)41(46(3,4)5)51-45(57)60-28-31-17-12-9-13-18-31/h8-23,25,29,36,38-41,47,52-53H,24,26-28H2,1-7H3,(H,48,54)(H,49,56)(H,50,55)(H,51,57). The average molecular weight is 826 g/mol. The van der Waals surface area contributed by atoms with Crippen LogP contribution < -0.4 is 36.1 Å². The Hall–Kier alpha value is -6.12. The minimum atomic E-state index is -1.57. The molecule has 0 bridgehead atoms. The summed E-state index contributed by atoms with van der Waals surface area (Å²) >= 11 is 0. The topological polar surface area (TPSA) is 197 Å². The molecule has 0 aliphatic rings. The third kappa shape index (κ3) is 14.0. The Labute approximate surface area is 352 Å². The summed E-state index contributed by atoms with van der Waals surface area (Å²) in [7, 11) is 3.02. The van der Waals surface area contributed by atoms with Gasteiger partial charge in [0.1, 0.15) is 42.0 Å². The van der Waals surface area contributed by atoms with Crippen molar-refractivity contribution in [1.29, 1.82) is 0 Å². The molecule has 4 amide bonds. The number of nitrogens with one attached hydrogen (secondary N) is 5. The first-order valence-corrected chi connectivity index (χ1v) is 19.9. The first-order valence-electron chi connectivity index (χ1n) is 19.9. The van der Waals surface area contributed by atoms with Crippen LogP contribution in [-0.2, 0) is 45.2 Å². The number of aromatic hydroxyl groups is 1. The first-order chi connectivity index (χ1) is 28.6. The molecule has 0 saturated heterocycles. The second-order valence-corrected chi connectivity index (χ2v) is 16.0. The van der Waals surface area contributed by atoms with Crippen molar-refractivity contribution < 1.29 is 43.6 Å². The number of ether oxygens (including phenoxy) is 3. The van der Waals surface area contributed by atoms with Crippen LogP contribution >= 0.6 is 0 Å². The number of hydrogen-bond donors (Lipinski definition) is 7. The summed E-state index contributed by atoms with van der Waals surface area (Å²) in [5.41, 5.74) is 1.91. The van der Waals surface area contributed by atoms with Crippen LogP contribution in [0.25, 0.3) is 0 Å². The van der Waals surface area contributed by atoms with Crippen molar-refractivity contribution in [3.8, 4) is 17.2 Å². The molecular formula is C46H59N5O9. The molecule has 322 valence electrons. The Morgan fingerprint density at radius 3 is 1.88 bits per heavy atom. The van der Waals surface area contributed by atoms with Crippen molar-refractivity contribution in [3.63, 3.8) is 0 Å². The smallest absolute Gasteiger partial charge is 0.408 e. The van der Waals surface area contributed by atoms with E-state index in [2.05, 4.69) is 26.6 Å². The summed E-state index contributed by atoms with van der Waals surface area (Å²) in [6, 6.07) is 25.6. The fourth-order valence-electron chi connectivity index (χ4n) is 6.45. The molecule has 14 heteroatoms. The molecular weight excluding hydrogens is 767 g/mol. The number of benzene rings is 4. The zero-order chi connectivity index (χ0) is 43.8. The molecule has 5 unspecified atom stereocenters. The lowest BCUT2D eigenvalue weighted by Gasteiger charge is -2.35. The van der Waals surface area contributed by atoms with Crippen LogP contribution in [0.4, 0.5) is 4.79 Å². The van der Waals surface area contributed by atoms with Crippen molar-refractivity contribution in [2.75, 3.05) is 14.2 Å². The van der Waals surface area contributed by atoms with Gasteiger partial charge in [0.15, 0.2) is 0 Å². The number of methoxy groups -OCH3 is 2. The normalized spacial score (nSPS) is 13.8. The van der Waals surface area contributed by atoms with E-state index < -0.39 is 65.4 Å². The quantitative estimate of drug-likeness (QED) is 0.0654. The van der Waals surface area contributed by atoms with E-state index >= 15 is 0 Å². The number of alkyl carbamates (subject to hydrolysis) is 1. The molecule has 4 aromatic rings. The minimum Gasteiger partial charge on any atom is -0.507 e. The highest BCUT2D eigenvalue weighted by Crippen LogP contribution is 2.24. The summed E-state index contributed by atoms with van der Waals surface area (Å²) in [6.07, 6.45) is -2.27. The number of aliphatic hydroxyl groups excluding tert-OH is 1. The van der Waals surface area contributed by atoms with E-state index in [9.17, 15) is 29.4 Å². The van der Waals surface area contributed by atoms with E-state index in [0.717, 1.165) is 16.7 Å². The summed E-state index contributed by atoms with van der Waals surface area (Å²) in [6.45, 7) is 8.98. The number of phenols is 1. The zero-order valence-corrected chi connectivity index (χ0v) is 35.4. The van der Waals surface area contributed by atoms with Gasteiger partial charge in [-0.2, -0.15) is 0 Å². The molecule has 0 aliphatic carbocycles. The van der Waals surface area contributed by atoms with E-state index in [1.807, 2.05) is 66.7 Å². The lowest BCUT2D eigenvalue weighted by atomic mass is 9.85. The van der Waals surface area contributed by atoms with Crippen molar-refractivity contribution >= 4 is 23.8 Å². The second kappa shape index (κ2) is 22.3. The van der Waals surface area contributed by atoms with Gasteiger partial charge in [-0.25, -0.2) is 4.79 Å². The number of carbonyl (C=O) groups excluding carboxylic acids is 4. The number of rotatable bonds is 20. The fourth-order valence-corrected chi connectivity index (χ4v) is 6.45. The third-order valence-electron chi connectivity index (χ3n) is 9.92. The van der Waals surface area contributed by atoms with Gasteiger partial charge in [0.05, 0.1) is 26.4 Å². The van der Waals surface area contributed by atoms with Gasteiger partial charge >= 0.3 is 6.09 Å². The van der Waals surface area contributed by atoms with Gasteiger partial charge in [-0.05, 0) is 58.7 Å². The van der Waals surface area contributed by atoms with Crippen LogP contribution in [-0.4, -0.2) is 78.5 Å². The predicted octanol–water partition coefficient (Wildman–Crippen LogP) is 4.75. The van der Waals surface area contributed by atoms with Crippen molar-refractivity contribution in [3.05, 3.63) is 125 Å². The second-order valence-electron chi connectivity index (χ2n) is 16.0. The van der Waals surface area contributed by atoms with Gasteiger partial charge in [-0.3, -0.25) is 19.7 Å². The number of aliphatic hydroxyl groups is 1. The Morgan fingerprint density at radius 1 is 0.667 bits per heavy atom. The van der Waals surface area contributed by atoms with Gasteiger partial charge < -0.3 is 45.7 Å². The lowest BCUT2D eigenvalue weighted by Crippen LogP contribution is -2.63. The number of hydrogen-bond acceptors (Lipinski definition) is 10. The summed E-state index contributed by atoms with van der Waals surface area (Å²) in [5, 5.41) is 37.2. The maximum absolute atomic E-state index is 14.4. The molecule has 14 nitrogen and oxygen atoms in total. The van der Waals surface area contributed by atoms with E-state index in [-0.39, 0.29) is 31.9 Å². The van der Waals surface area contributed by atoms with Crippen molar-refractivity contribution in [2.45, 2.75) is 91.0 Å². The first kappa shape index (κ1) is 46.6. The van der Waals surface area contributed by atoms with E-state index in [1.54, 1.807) is 72.1 Å². The van der Waals surface area contributed by atoms with Crippen molar-refractivity contribution in [2.24, 2.45) is 11.3 Å². The van der Waals surface area contributed by atoms with Crippen LogP contribution in [0, 0.1) is 11.3 Å². The molecule has 0 heterocycles. The van der Waals surface area contributed by atoms with E-state index in [1.165, 1.54) is 13.2 Å². The highest BCUT2D eigenvalue weighted by molar-refractivity contribution is 5.91. The highest BCUT2D eigenvalue weighted by Gasteiger charge is 2.39. The molecule has 0 spiro atoms. The molecule has 0 saturated carbocycles. The van der Waals surface area contributed by atoms with Crippen LogP contribution in [0.3, 0.4) is 0 Å². The Kier molecular flexibility index (Phi) is 17.3.